The lowest BCUT2D eigenvalue weighted by molar-refractivity contribution is -0.127. The van der Waals surface area contributed by atoms with Gasteiger partial charge in [-0.3, -0.25) is 4.79 Å². The second kappa shape index (κ2) is 7.18. The molecule has 2 aromatic rings. The summed E-state index contributed by atoms with van der Waals surface area (Å²) in [6.45, 7) is 4.91. The summed E-state index contributed by atoms with van der Waals surface area (Å²) in [4.78, 5) is 25.9. The van der Waals surface area contributed by atoms with E-state index in [4.69, 9.17) is 0 Å². The number of amides is 1. The normalized spacial score (nSPS) is 13.5. The van der Waals surface area contributed by atoms with E-state index in [0.717, 1.165) is 47.9 Å². The van der Waals surface area contributed by atoms with E-state index in [2.05, 4.69) is 16.9 Å². The van der Waals surface area contributed by atoms with E-state index in [1.807, 2.05) is 18.9 Å². The zero-order valence-electron chi connectivity index (χ0n) is 14.0. The molecule has 0 aromatic carbocycles. The molecule has 0 bridgehead atoms. The number of thiophene rings is 1. The minimum Gasteiger partial charge on any atom is -0.345 e. The topological polar surface area (TPSA) is 46.1 Å². The van der Waals surface area contributed by atoms with Crippen molar-refractivity contribution in [1.29, 1.82) is 0 Å². The maximum absolute atomic E-state index is 12.3. The van der Waals surface area contributed by atoms with E-state index < -0.39 is 0 Å². The highest BCUT2D eigenvalue weighted by Crippen LogP contribution is 2.40. The van der Waals surface area contributed by atoms with Crippen molar-refractivity contribution in [2.45, 2.75) is 51.0 Å². The Morgan fingerprint density at radius 3 is 2.96 bits per heavy atom. The maximum atomic E-state index is 12.3. The van der Waals surface area contributed by atoms with E-state index >= 15 is 0 Å². The van der Waals surface area contributed by atoms with E-state index in [1.165, 1.54) is 22.2 Å². The van der Waals surface area contributed by atoms with Crippen LogP contribution >= 0.6 is 23.1 Å². The molecule has 124 valence electrons. The zero-order chi connectivity index (χ0) is 16.4. The smallest absolute Gasteiger partial charge is 0.232 e. The van der Waals surface area contributed by atoms with Gasteiger partial charge in [-0.15, -0.1) is 11.3 Å². The molecule has 0 unspecified atom stereocenters. The summed E-state index contributed by atoms with van der Waals surface area (Å²) >= 11 is 3.38. The number of hydrogen-bond donors (Lipinski definition) is 0. The van der Waals surface area contributed by atoms with Gasteiger partial charge in [0, 0.05) is 23.9 Å². The Kier molecular flexibility index (Phi) is 5.21. The number of carbonyl (C=O) groups excluding carboxylic acids is 1. The van der Waals surface area contributed by atoms with Crippen LogP contribution in [0, 0.1) is 6.92 Å². The fourth-order valence-electron chi connectivity index (χ4n) is 2.93. The Morgan fingerprint density at radius 2 is 2.17 bits per heavy atom. The van der Waals surface area contributed by atoms with E-state index in [1.54, 1.807) is 23.1 Å². The molecule has 1 aliphatic rings. The van der Waals surface area contributed by atoms with Crippen LogP contribution in [0.15, 0.2) is 5.03 Å². The molecule has 0 N–H and O–H groups in total. The second-order valence-corrected chi connectivity index (χ2v) is 8.12. The Bertz CT molecular complexity index is 726. The number of rotatable bonds is 6. The molecule has 0 spiro atoms. The van der Waals surface area contributed by atoms with Crippen LogP contribution in [0.5, 0.6) is 0 Å². The lowest BCUT2D eigenvalue weighted by Crippen LogP contribution is -2.29. The van der Waals surface area contributed by atoms with Crippen LogP contribution in [0.3, 0.4) is 0 Å². The van der Waals surface area contributed by atoms with E-state index in [0.29, 0.717) is 5.75 Å². The molecule has 0 saturated heterocycles. The fraction of sp³-hybridized carbons (Fsp3) is 0.588. The Balaban J connectivity index is 1.79. The lowest BCUT2D eigenvalue weighted by atomic mass is 10.2. The monoisotopic (exact) mass is 349 g/mol. The summed E-state index contributed by atoms with van der Waals surface area (Å²) in [5.74, 6) is 1.43. The number of unbranched alkanes of at least 4 members (excludes halogenated alkanes) is 1. The number of carbonyl (C=O) groups is 1. The summed E-state index contributed by atoms with van der Waals surface area (Å²) in [7, 11) is 1.89. The van der Waals surface area contributed by atoms with Crippen molar-refractivity contribution in [3.8, 4) is 0 Å². The van der Waals surface area contributed by atoms with Gasteiger partial charge in [0.25, 0.3) is 0 Å². The number of aryl methyl sites for hydroxylation is 3. The van der Waals surface area contributed by atoms with Crippen molar-refractivity contribution < 1.29 is 4.79 Å². The first kappa shape index (κ1) is 16.7. The molecule has 23 heavy (non-hydrogen) atoms. The highest BCUT2D eigenvalue weighted by molar-refractivity contribution is 8.00. The third-order valence-electron chi connectivity index (χ3n) is 4.25. The van der Waals surface area contributed by atoms with Crippen molar-refractivity contribution in [3.05, 3.63) is 16.3 Å². The van der Waals surface area contributed by atoms with Gasteiger partial charge in [0.15, 0.2) is 0 Å². The van der Waals surface area contributed by atoms with E-state index in [9.17, 15) is 4.79 Å². The number of thioether (sulfide) groups is 1. The summed E-state index contributed by atoms with van der Waals surface area (Å²) in [6.07, 6.45) is 5.69. The van der Waals surface area contributed by atoms with Gasteiger partial charge < -0.3 is 4.90 Å². The molecule has 2 heterocycles. The molecule has 0 radical (unpaired) electrons. The molecular weight excluding hydrogens is 326 g/mol. The minimum absolute atomic E-state index is 0.180. The fourth-order valence-corrected chi connectivity index (χ4v) is 5.34. The average Bonchev–Trinajstić information content (AvgIpc) is 3.09. The van der Waals surface area contributed by atoms with Gasteiger partial charge in [0.2, 0.25) is 5.91 Å². The molecule has 0 saturated carbocycles. The second-order valence-electron chi connectivity index (χ2n) is 6.07. The minimum atomic E-state index is 0.180. The van der Waals surface area contributed by atoms with Gasteiger partial charge in [-0.25, -0.2) is 9.97 Å². The quantitative estimate of drug-likeness (QED) is 0.587. The van der Waals surface area contributed by atoms with Crippen molar-refractivity contribution in [2.24, 2.45) is 0 Å². The molecule has 1 amide bonds. The van der Waals surface area contributed by atoms with Crippen molar-refractivity contribution in [2.75, 3.05) is 19.3 Å². The van der Waals surface area contributed by atoms with Crippen molar-refractivity contribution in [1.82, 2.24) is 14.9 Å². The third kappa shape index (κ3) is 3.53. The van der Waals surface area contributed by atoms with Crippen LogP contribution in [0.2, 0.25) is 0 Å². The molecular formula is C17H23N3OS2. The highest BCUT2D eigenvalue weighted by Gasteiger charge is 2.22. The molecule has 0 atom stereocenters. The Labute approximate surface area is 145 Å². The predicted octanol–water partition coefficient (Wildman–Crippen LogP) is 3.84. The average molecular weight is 350 g/mol. The van der Waals surface area contributed by atoms with Crippen LogP contribution < -0.4 is 0 Å². The summed E-state index contributed by atoms with van der Waals surface area (Å²) < 4.78 is 0. The Morgan fingerprint density at radius 1 is 1.35 bits per heavy atom. The first-order valence-corrected chi connectivity index (χ1v) is 10.1. The standard InChI is InChI=1S/C17H23N3OS2/c1-4-5-9-20(3)14(21)10-22-16-15-12-7-6-8-13(12)23-17(15)19-11(2)18-16/h4-10H2,1-3H3. The molecule has 4 nitrogen and oxygen atoms in total. The molecule has 2 aromatic heterocycles. The van der Waals surface area contributed by atoms with Crippen molar-refractivity contribution in [3.63, 3.8) is 0 Å². The maximum Gasteiger partial charge on any atom is 0.232 e. The summed E-state index contributed by atoms with van der Waals surface area (Å²) in [6, 6.07) is 0. The number of hydrogen-bond acceptors (Lipinski definition) is 5. The van der Waals surface area contributed by atoms with Crippen LogP contribution in [0.4, 0.5) is 0 Å². The third-order valence-corrected chi connectivity index (χ3v) is 6.39. The largest absolute Gasteiger partial charge is 0.345 e. The molecule has 6 heteroatoms. The van der Waals surface area contributed by atoms with Crippen LogP contribution in [0.1, 0.15) is 42.5 Å². The first-order valence-electron chi connectivity index (χ1n) is 8.25. The van der Waals surface area contributed by atoms with Gasteiger partial charge in [0.1, 0.15) is 15.7 Å². The van der Waals surface area contributed by atoms with Crippen LogP contribution in [-0.2, 0) is 17.6 Å². The van der Waals surface area contributed by atoms with Crippen molar-refractivity contribution >= 4 is 39.2 Å². The molecule has 0 aliphatic heterocycles. The van der Waals surface area contributed by atoms with Gasteiger partial charge >= 0.3 is 0 Å². The van der Waals surface area contributed by atoms with Gasteiger partial charge in [-0.05, 0) is 38.2 Å². The van der Waals surface area contributed by atoms with Gasteiger partial charge in [0.05, 0.1) is 5.75 Å². The number of aromatic nitrogens is 2. The van der Waals surface area contributed by atoms with E-state index in [-0.39, 0.29) is 5.91 Å². The SMILES string of the molecule is CCCCN(C)C(=O)CSc1nc(C)nc2sc3c(c12)CCC3. The highest BCUT2D eigenvalue weighted by atomic mass is 32.2. The zero-order valence-corrected chi connectivity index (χ0v) is 15.6. The molecule has 0 fully saturated rings. The first-order chi connectivity index (χ1) is 11.1. The van der Waals surface area contributed by atoms with Gasteiger partial charge in [-0.2, -0.15) is 0 Å². The lowest BCUT2D eigenvalue weighted by Gasteiger charge is -2.16. The summed E-state index contributed by atoms with van der Waals surface area (Å²) in [5, 5.41) is 2.20. The molecule has 1 aliphatic carbocycles. The predicted molar refractivity (Wildman–Crippen MR) is 97.4 cm³/mol. The Hall–Kier alpha value is -1.14. The number of nitrogens with zero attached hydrogens (tertiary/aromatic N) is 3. The summed E-state index contributed by atoms with van der Waals surface area (Å²) in [5.41, 5.74) is 1.43. The van der Waals surface area contributed by atoms with Crippen LogP contribution in [-0.4, -0.2) is 40.1 Å². The van der Waals surface area contributed by atoms with Crippen LogP contribution in [0.25, 0.3) is 10.2 Å². The number of fused-ring (bicyclic) bond motifs is 3. The van der Waals surface area contributed by atoms with Gasteiger partial charge in [-0.1, -0.05) is 25.1 Å². The molecule has 3 rings (SSSR count).